The van der Waals surface area contributed by atoms with Crippen LogP contribution in [0.2, 0.25) is 0 Å². The van der Waals surface area contributed by atoms with E-state index in [1.54, 1.807) is 6.07 Å². The van der Waals surface area contributed by atoms with E-state index in [-0.39, 0.29) is 19.9 Å². The van der Waals surface area contributed by atoms with Crippen LogP contribution >= 0.6 is 0 Å². The van der Waals surface area contributed by atoms with Crippen LogP contribution in [-0.4, -0.2) is 24.3 Å². The second-order valence-electron chi connectivity index (χ2n) is 4.93. The van der Waals surface area contributed by atoms with Gasteiger partial charge in [-0.2, -0.15) is 0 Å². The van der Waals surface area contributed by atoms with Crippen LogP contribution in [0.15, 0.2) is 76.5 Å². The van der Waals surface area contributed by atoms with Crippen molar-refractivity contribution in [1.82, 2.24) is 9.78 Å². The molecule has 0 saturated heterocycles. The van der Waals surface area contributed by atoms with Crippen molar-refractivity contribution in [2.24, 2.45) is 0 Å². The number of para-hydroxylation sites is 1. The Bertz CT molecular complexity index is 988. The molecule has 0 N–H and O–H groups in total. The van der Waals surface area contributed by atoms with E-state index in [4.69, 9.17) is 5.10 Å². The SMILES string of the molecule is O=c1cc[se]c2c1c(-c1ccccc1)nn2-c1ccccc1. The van der Waals surface area contributed by atoms with Crippen molar-refractivity contribution < 1.29 is 0 Å². The summed E-state index contributed by atoms with van der Waals surface area (Å²) in [7, 11) is 0. The molecule has 0 saturated carbocycles. The average Bonchev–Trinajstić information content (AvgIpc) is 2.98. The van der Waals surface area contributed by atoms with Crippen molar-refractivity contribution in [3.63, 3.8) is 0 Å². The number of nitrogens with zero attached hydrogens (tertiary/aromatic N) is 2. The molecule has 4 heteroatoms. The van der Waals surface area contributed by atoms with Crippen LogP contribution in [0.4, 0.5) is 0 Å². The molecule has 0 unspecified atom stereocenters. The first kappa shape index (κ1) is 13.3. The molecule has 3 nitrogen and oxygen atoms in total. The zero-order chi connectivity index (χ0) is 14.9. The molecule has 0 atom stereocenters. The van der Waals surface area contributed by atoms with Crippen LogP contribution in [0, 0.1) is 0 Å². The number of aromatic nitrogens is 2. The minimum absolute atomic E-state index is 0.0455. The van der Waals surface area contributed by atoms with Gasteiger partial charge in [0.05, 0.1) is 0 Å². The second-order valence-corrected chi connectivity index (χ2v) is 6.80. The molecule has 0 aliphatic rings. The Morgan fingerprint density at radius 1 is 0.864 bits per heavy atom. The predicted molar refractivity (Wildman–Crippen MR) is 89.7 cm³/mol. The monoisotopic (exact) mass is 352 g/mol. The summed E-state index contributed by atoms with van der Waals surface area (Å²) in [5.74, 6) is 0. The van der Waals surface area contributed by atoms with Crippen molar-refractivity contribution in [1.29, 1.82) is 0 Å². The van der Waals surface area contributed by atoms with Gasteiger partial charge in [0.15, 0.2) is 0 Å². The average molecular weight is 351 g/mol. The molecular formula is C18H12N2OSe. The molecule has 0 radical (unpaired) electrons. The maximum atomic E-state index is 12.4. The van der Waals surface area contributed by atoms with Gasteiger partial charge in [-0.3, -0.25) is 0 Å². The van der Waals surface area contributed by atoms with Crippen molar-refractivity contribution in [2.75, 3.05) is 0 Å². The van der Waals surface area contributed by atoms with Crippen LogP contribution < -0.4 is 5.43 Å². The van der Waals surface area contributed by atoms with Crippen molar-refractivity contribution in [3.8, 4) is 16.9 Å². The first-order valence-electron chi connectivity index (χ1n) is 6.96. The van der Waals surface area contributed by atoms with Crippen molar-refractivity contribution in [2.45, 2.75) is 0 Å². The number of hydrogen-bond acceptors (Lipinski definition) is 2. The Kier molecular flexibility index (Phi) is 3.26. The zero-order valence-electron chi connectivity index (χ0n) is 11.6. The van der Waals surface area contributed by atoms with Crippen molar-refractivity contribution >= 4 is 24.3 Å². The Hall–Kier alpha value is -2.42. The number of benzene rings is 2. The summed E-state index contributed by atoms with van der Waals surface area (Å²) in [5, 5.41) is 5.50. The van der Waals surface area contributed by atoms with Crippen LogP contribution in [-0.2, 0) is 0 Å². The number of hydrogen-bond donors (Lipinski definition) is 0. The Balaban J connectivity index is 2.09. The van der Waals surface area contributed by atoms with Gasteiger partial charge in [-0.15, -0.1) is 0 Å². The Morgan fingerprint density at radius 2 is 1.55 bits per heavy atom. The second kappa shape index (κ2) is 5.41. The fourth-order valence-electron chi connectivity index (χ4n) is 2.52. The molecule has 2 aromatic carbocycles. The van der Waals surface area contributed by atoms with E-state index in [1.807, 2.05) is 70.3 Å². The van der Waals surface area contributed by atoms with E-state index < -0.39 is 0 Å². The van der Waals surface area contributed by atoms with E-state index in [9.17, 15) is 4.79 Å². The van der Waals surface area contributed by atoms with Gasteiger partial charge in [-0.05, 0) is 0 Å². The molecule has 0 bridgehead atoms. The summed E-state index contributed by atoms with van der Waals surface area (Å²) in [5.41, 5.74) is 2.79. The summed E-state index contributed by atoms with van der Waals surface area (Å²) in [6, 6.07) is 21.6. The number of rotatable bonds is 2. The maximum absolute atomic E-state index is 12.4. The fourth-order valence-corrected chi connectivity index (χ4v) is 4.37. The van der Waals surface area contributed by atoms with Gasteiger partial charge in [-0.1, -0.05) is 0 Å². The molecule has 2 aromatic heterocycles. The topological polar surface area (TPSA) is 34.9 Å². The zero-order valence-corrected chi connectivity index (χ0v) is 13.4. The summed E-state index contributed by atoms with van der Waals surface area (Å²) in [6.07, 6.45) is 0. The molecule has 4 aromatic rings. The van der Waals surface area contributed by atoms with Gasteiger partial charge >= 0.3 is 133 Å². The fraction of sp³-hybridized carbons (Fsp3) is 0. The van der Waals surface area contributed by atoms with Gasteiger partial charge in [0.25, 0.3) is 0 Å². The Morgan fingerprint density at radius 3 is 2.27 bits per heavy atom. The molecular weight excluding hydrogens is 339 g/mol. The van der Waals surface area contributed by atoms with Crippen molar-refractivity contribution in [3.05, 3.63) is 81.9 Å². The molecule has 106 valence electrons. The van der Waals surface area contributed by atoms with Gasteiger partial charge in [-0.25, -0.2) is 0 Å². The van der Waals surface area contributed by atoms with E-state index >= 15 is 0 Å². The van der Waals surface area contributed by atoms with E-state index in [0.717, 1.165) is 26.7 Å². The van der Waals surface area contributed by atoms with Crippen LogP contribution in [0.5, 0.6) is 0 Å². The predicted octanol–water partition coefficient (Wildman–Crippen LogP) is 3.11. The molecule has 0 aliphatic heterocycles. The molecule has 0 spiro atoms. The standard InChI is InChI=1S/C18H12N2OSe/c21-15-11-12-22-18-16(15)17(13-7-3-1-4-8-13)19-20(18)14-9-5-2-6-10-14/h1-12H. The molecule has 0 fully saturated rings. The third-order valence-corrected chi connectivity index (χ3v) is 5.37. The Labute approximate surface area is 133 Å². The molecule has 22 heavy (non-hydrogen) atoms. The first-order valence-corrected chi connectivity index (χ1v) is 8.80. The van der Waals surface area contributed by atoms with E-state index in [2.05, 4.69) is 0 Å². The number of fused-ring (bicyclic) bond motifs is 1. The van der Waals surface area contributed by atoms with Crippen LogP contribution in [0.3, 0.4) is 0 Å². The minimum atomic E-state index is 0.0455. The molecule has 4 rings (SSSR count). The molecule has 2 heterocycles. The van der Waals surface area contributed by atoms with Crippen LogP contribution in [0.25, 0.3) is 26.7 Å². The normalized spacial score (nSPS) is 10.9. The quantitative estimate of drug-likeness (QED) is 0.520. The summed E-state index contributed by atoms with van der Waals surface area (Å²) in [4.78, 5) is 14.4. The van der Waals surface area contributed by atoms with Gasteiger partial charge in [0.1, 0.15) is 0 Å². The van der Waals surface area contributed by atoms with Gasteiger partial charge < -0.3 is 0 Å². The van der Waals surface area contributed by atoms with Gasteiger partial charge in [0.2, 0.25) is 0 Å². The summed E-state index contributed by atoms with van der Waals surface area (Å²) >= 11 is 0.110. The molecule has 0 aliphatic carbocycles. The summed E-state index contributed by atoms with van der Waals surface area (Å²) in [6.45, 7) is 0. The van der Waals surface area contributed by atoms with E-state index in [1.165, 1.54) is 0 Å². The third-order valence-electron chi connectivity index (χ3n) is 3.54. The first-order chi connectivity index (χ1) is 10.8. The van der Waals surface area contributed by atoms with E-state index in [0.29, 0.717) is 0 Å². The summed E-state index contributed by atoms with van der Waals surface area (Å²) < 4.78 is 2.93. The molecule has 0 amide bonds. The third kappa shape index (κ3) is 2.13. The van der Waals surface area contributed by atoms with Gasteiger partial charge in [0, 0.05) is 0 Å². The van der Waals surface area contributed by atoms with Crippen LogP contribution in [0.1, 0.15) is 0 Å².